The maximum atomic E-state index is 5.38. The molecule has 0 amide bonds. The van der Waals surface area contributed by atoms with Crippen LogP contribution in [0.5, 0.6) is 0 Å². The van der Waals surface area contributed by atoms with Gasteiger partial charge in [-0.05, 0) is 6.42 Å². The molecule has 1 aliphatic heterocycles. The second-order valence-electron chi connectivity index (χ2n) is 2.57. The molecule has 0 aromatic heterocycles. The van der Waals surface area contributed by atoms with Gasteiger partial charge in [0.25, 0.3) is 0 Å². The predicted molar refractivity (Wildman–Crippen MR) is 35.5 cm³/mol. The van der Waals surface area contributed by atoms with E-state index in [1.807, 2.05) is 0 Å². The normalized spacial score (nSPS) is 34.0. The maximum absolute atomic E-state index is 5.38. The molecule has 1 atom stereocenters. The average Bonchev–Trinajstić information content (AvgIpc) is 1.79. The summed E-state index contributed by atoms with van der Waals surface area (Å²) in [5.41, 5.74) is 0.0920. The van der Waals surface area contributed by atoms with Crippen molar-refractivity contribution in [2.45, 2.75) is 25.4 Å². The molecule has 0 saturated carbocycles. The topological polar surface area (TPSA) is 18.5 Å². The molecule has 1 fully saturated rings. The first-order valence-corrected chi connectivity index (χ1v) is 3.46. The van der Waals surface area contributed by atoms with Crippen LogP contribution in [0.4, 0.5) is 0 Å². The Bertz CT molecular complexity index is 81.4. The lowest BCUT2D eigenvalue weighted by atomic mass is 9.93. The van der Waals surface area contributed by atoms with Crippen molar-refractivity contribution >= 4 is 0 Å². The van der Waals surface area contributed by atoms with Gasteiger partial charge < -0.3 is 9.47 Å². The number of hydrogen-bond acceptors (Lipinski definition) is 2. The summed E-state index contributed by atoms with van der Waals surface area (Å²) in [4.78, 5) is 0. The van der Waals surface area contributed by atoms with Gasteiger partial charge in [0.1, 0.15) is 0 Å². The summed E-state index contributed by atoms with van der Waals surface area (Å²) in [6, 6.07) is 0. The molecule has 1 aliphatic rings. The molecule has 1 rings (SSSR count). The van der Waals surface area contributed by atoms with Crippen LogP contribution in [0.25, 0.3) is 0 Å². The van der Waals surface area contributed by atoms with Crippen LogP contribution >= 0.6 is 0 Å². The highest BCUT2D eigenvalue weighted by Crippen LogP contribution is 2.29. The Morgan fingerprint density at radius 3 is 2.44 bits per heavy atom. The molecule has 0 aromatic rings. The first kappa shape index (κ1) is 7.03. The largest absolute Gasteiger partial charge is 0.382 e. The summed E-state index contributed by atoms with van der Waals surface area (Å²) in [7, 11) is 1.72. The molecule has 0 radical (unpaired) electrons. The van der Waals surface area contributed by atoms with Crippen molar-refractivity contribution in [1.82, 2.24) is 0 Å². The van der Waals surface area contributed by atoms with Gasteiger partial charge in [0.05, 0.1) is 18.8 Å². The van der Waals surface area contributed by atoms with Crippen molar-refractivity contribution in [3.8, 4) is 0 Å². The lowest BCUT2D eigenvalue weighted by Gasteiger charge is -2.40. The van der Waals surface area contributed by atoms with Crippen LogP contribution in [0.2, 0.25) is 0 Å². The fraction of sp³-hybridized carbons (Fsp3) is 1.00. The van der Waals surface area contributed by atoms with Crippen molar-refractivity contribution in [3.05, 3.63) is 0 Å². The van der Waals surface area contributed by atoms with E-state index in [2.05, 4.69) is 6.92 Å². The van der Waals surface area contributed by atoms with E-state index >= 15 is 0 Å². The van der Waals surface area contributed by atoms with Gasteiger partial charge in [0.2, 0.25) is 0 Å². The van der Waals surface area contributed by atoms with Gasteiger partial charge in [-0.15, -0.1) is 0 Å². The van der Waals surface area contributed by atoms with Crippen molar-refractivity contribution in [1.29, 1.82) is 0 Å². The summed E-state index contributed by atoms with van der Waals surface area (Å²) in [5, 5.41) is 0. The highest BCUT2D eigenvalue weighted by Gasteiger charge is 2.36. The van der Waals surface area contributed by atoms with E-state index in [-0.39, 0.29) is 5.60 Å². The summed E-state index contributed by atoms with van der Waals surface area (Å²) in [6.45, 7) is 3.80. The standard InChI is InChI=1S/C7H14O2/c1-3-7(6-8-2)4-5-9-7/h3-6H2,1-2H3. The third-order valence-corrected chi connectivity index (χ3v) is 2.02. The number of hydrogen-bond donors (Lipinski definition) is 0. The molecular weight excluding hydrogens is 116 g/mol. The van der Waals surface area contributed by atoms with Crippen LogP contribution in [0.1, 0.15) is 19.8 Å². The Morgan fingerprint density at radius 1 is 1.67 bits per heavy atom. The average molecular weight is 130 g/mol. The predicted octanol–water partition coefficient (Wildman–Crippen LogP) is 1.20. The molecule has 1 unspecified atom stereocenters. The van der Waals surface area contributed by atoms with Crippen molar-refractivity contribution < 1.29 is 9.47 Å². The third kappa shape index (κ3) is 1.25. The molecule has 1 saturated heterocycles. The van der Waals surface area contributed by atoms with Crippen LogP contribution in [0.3, 0.4) is 0 Å². The van der Waals surface area contributed by atoms with Crippen molar-refractivity contribution in [2.24, 2.45) is 0 Å². The van der Waals surface area contributed by atoms with Crippen LogP contribution in [0.15, 0.2) is 0 Å². The molecule has 0 bridgehead atoms. The van der Waals surface area contributed by atoms with Crippen LogP contribution in [-0.4, -0.2) is 25.9 Å². The highest BCUT2D eigenvalue weighted by molar-refractivity contribution is 4.85. The van der Waals surface area contributed by atoms with E-state index in [0.717, 1.165) is 26.1 Å². The molecule has 2 heteroatoms. The minimum atomic E-state index is 0.0920. The Balaban J connectivity index is 2.28. The molecule has 0 aliphatic carbocycles. The van der Waals surface area contributed by atoms with E-state index < -0.39 is 0 Å². The molecule has 2 nitrogen and oxygen atoms in total. The minimum Gasteiger partial charge on any atom is -0.382 e. The molecule has 0 spiro atoms. The Kier molecular flexibility index (Phi) is 2.09. The quantitative estimate of drug-likeness (QED) is 0.571. The van der Waals surface area contributed by atoms with Crippen molar-refractivity contribution in [3.63, 3.8) is 0 Å². The lowest BCUT2D eigenvalue weighted by Crippen LogP contribution is -2.46. The molecule has 0 N–H and O–H groups in total. The third-order valence-electron chi connectivity index (χ3n) is 2.02. The molecule has 0 aromatic carbocycles. The number of rotatable bonds is 3. The summed E-state index contributed by atoms with van der Waals surface area (Å²) >= 11 is 0. The van der Waals surface area contributed by atoms with E-state index in [1.165, 1.54) is 0 Å². The monoisotopic (exact) mass is 130 g/mol. The zero-order valence-electron chi connectivity index (χ0n) is 6.14. The number of methoxy groups -OCH3 is 1. The SMILES string of the molecule is CCC1(COC)CCO1. The van der Waals surface area contributed by atoms with E-state index in [0.29, 0.717) is 0 Å². The van der Waals surface area contributed by atoms with Gasteiger partial charge in [-0.3, -0.25) is 0 Å². The maximum Gasteiger partial charge on any atom is 0.0933 e. The van der Waals surface area contributed by atoms with Crippen LogP contribution in [-0.2, 0) is 9.47 Å². The van der Waals surface area contributed by atoms with Gasteiger partial charge >= 0.3 is 0 Å². The van der Waals surface area contributed by atoms with Crippen LogP contribution < -0.4 is 0 Å². The second kappa shape index (κ2) is 2.67. The Hall–Kier alpha value is -0.0800. The van der Waals surface area contributed by atoms with Gasteiger partial charge in [-0.2, -0.15) is 0 Å². The lowest BCUT2D eigenvalue weighted by molar-refractivity contribution is -0.177. The summed E-state index contributed by atoms with van der Waals surface area (Å²) in [5.74, 6) is 0. The molecule has 54 valence electrons. The van der Waals surface area contributed by atoms with Gasteiger partial charge in [0, 0.05) is 13.5 Å². The fourth-order valence-corrected chi connectivity index (χ4v) is 1.15. The smallest absolute Gasteiger partial charge is 0.0933 e. The zero-order valence-corrected chi connectivity index (χ0v) is 6.14. The number of ether oxygens (including phenoxy) is 2. The second-order valence-corrected chi connectivity index (χ2v) is 2.57. The van der Waals surface area contributed by atoms with Gasteiger partial charge in [-0.1, -0.05) is 6.92 Å². The summed E-state index contributed by atoms with van der Waals surface area (Å²) < 4.78 is 10.4. The first-order valence-electron chi connectivity index (χ1n) is 3.46. The van der Waals surface area contributed by atoms with E-state index in [4.69, 9.17) is 9.47 Å². The van der Waals surface area contributed by atoms with Crippen LogP contribution in [0, 0.1) is 0 Å². The van der Waals surface area contributed by atoms with Crippen molar-refractivity contribution in [2.75, 3.05) is 20.3 Å². The molecule has 9 heavy (non-hydrogen) atoms. The first-order chi connectivity index (χ1) is 4.33. The molecule has 1 heterocycles. The minimum absolute atomic E-state index is 0.0920. The van der Waals surface area contributed by atoms with E-state index in [1.54, 1.807) is 7.11 Å². The Morgan fingerprint density at radius 2 is 2.33 bits per heavy atom. The zero-order chi connectivity index (χ0) is 6.74. The highest BCUT2D eigenvalue weighted by atomic mass is 16.6. The van der Waals surface area contributed by atoms with Gasteiger partial charge in [0.15, 0.2) is 0 Å². The summed E-state index contributed by atoms with van der Waals surface area (Å²) in [6.07, 6.45) is 2.23. The van der Waals surface area contributed by atoms with Gasteiger partial charge in [-0.25, -0.2) is 0 Å². The molecular formula is C7H14O2. The fourth-order valence-electron chi connectivity index (χ4n) is 1.15. The van der Waals surface area contributed by atoms with E-state index in [9.17, 15) is 0 Å². The Labute approximate surface area is 56.2 Å².